The number of hydrogen-bond donors (Lipinski definition) is 2. The van der Waals surface area contributed by atoms with Gasteiger partial charge in [0.1, 0.15) is 11.5 Å². The number of para-hydroxylation sites is 1. The summed E-state index contributed by atoms with van der Waals surface area (Å²) in [5.74, 6) is 1.56. The van der Waals surface area contributed by atoms with Gasteiger partial charge in [-0.25, -0.2) is 0 Å². The fraction of sp³-hybridized carbons (Fsp3) is 0.250. The Morgan fingerprint density at radius 3 is 2.33 bits per heavy atom. The van der Waals surface area contributed by atoms with E-state index in [1.807, 2.05) is 54.6 Å². The Kier molecular flexibility index (Phi) is 5.57. The standard InChI is InChI=1S/C16H19O4P/c17-21(18,19)12-5-4-7-14-8-6-11-16(13-14)20-15-9-2-1-3-10-15/h1-3,6,8-11,13H,4-5,7,12H2,(H2,17,18,19). The van der Waals surface area contributed by atoms with Gasteiger partial charge in [-0.15, -0.1) is 0 Å². The molecule has 112 valence electrons. The molecule has 0 aliphatic rings. The Labute approximate surface area is 124 Å². The van der Waals surface area contributed by atoms with E-state index in [9.17, 15) is 4.57 Å². The second-order valence-corrected chi connectivity index (χ2v) is 6.68. The number of aryl methyl sites for hydroxylation is 1. The minimum atomic E-state index is -3.87. The summed E-state index contributed by atoms with van der Waals surface area (Å²) in [6.45, 7) is 0. The van der Waals surface area contributed by atoms with Crippen molar-refractivity contribution in [3.63, 3.8) is 0 Å². The van der Waals surface area contributed by atoms with Crippen LogP contribution in [-0.4, -0.2) is 15.9 Å². The molecule has 0 saturated heterocycles. The highest BCUT2D eigenvalue weighted by Crippen LogP contribution is 2.35. The Hall–Kier alpha value is -1.61. The van der Waals surface area contributed by atoms with E-state index in [0.717, 1.165) is 29.9 Å². The van der Waals surface area contributed by atoms with Crippen LogP contribution in [0, 0.1) is 0 Å². The summed E-state index contributed by atoms with van der Waals surface area (Å²) < 4.78 is 16.5. The molecule has 0 saturated carbocycles. The second-order valence-electron chi connectivity index (χ2n) is 4.91. The van der Waals surface area contributed by atoms with Crippen LogP contribution in [0.1, 0.15) is 18.4 Å². The molecule has 4 nitrogen and oxygen atoms in total. The molecule has 21 heavy (non-hydrogen) atoms. The zero-order chi connectivity index (χ0) is 15.1. The minimum absolute atomic E-state index is 0.0484. The van der Waals surface area contributed by atoms with E-state index in [1.54, 1.807) is 0 Å². The molecule has 2 rings (SSSR count). The highest BCUT2D eigenvalue weighted by Gasteiger charge is 2.11. The smallest absolute Gasteiger partial charge is 0.325 e. The number of benzene rings is 2. The van der Waals surface area contributed by atoms with Crippen molar-refractivity contribution < 1.29 is 19.1 Å². The van der Waals surface area contributed by atoms with E-state index < -0.39 is 7.60 Å². The first-order chi connectivity index (χ1) is 10.0. The van der Waals surface area contributed by atoms with E-state index in [-0.39, 0.29) is 6.16 Å². The summed E-state index contributed by atoms with van der Waals surface area (Å²) in [4.78, 5) is 17.6. The molecule has 0 aromatic heterocycles. The van der Waals surface area contributed by atoms with E-state index in [1.165, 1.54) is 0 Å². The van der Waals surface area contributed by atoms with Crippen LogP contribution < -0.4 is 4.74 Å². The maximum atomic E-state index is 10.8. The average molecular weight is 306 g/mol. The summed E-state index contributed by atoms with van der Waals surface area (Å²) in [5.41, 5.74) is 1.11. The normalized spacial score (nSPS) is 11.3. The van der Waals surface area contributed by atoms with Gasteiger partial charge in [0.05, 0.1) is 0 Å². The summed E-state index contributed by atoms with van der Waals surface area (Å²) in [7, 11) is -3.87. The second kappa shape index (κ2) is 7.41. The lowest BCUT2D eigenvalue weighted by Crippen LogP contribution is -1.92. The van der Waals surface area contributed by atoms with Crippen molar-refractivity contribution in [2.75, 3.05) is 6.16 Å². The van der Waals surface area contributed by atoms with Gasteiger partial charge in [0.25, 0.3) is 0 Å². The van der Waals surface area contributed by atoms with Gasteiger partial charge >= 0.3 is 7.60 Å². The highest BCUT2D eigenvalue weighted by molar-refractivity contribution is 7.51. The first-order valence-corrected chi connectivity index (χ1v) is 8.69. The molecule has 0 aliphatic carbocycles. The maximum absolute atomic E-state index is 10.8. The zero-order valence-corrected chi connectivity index (χ0v) is 12.6. The zero-order valence-electron chi connectivity index (χ0n) is 11.7. The molecule has 0 spiro atoms. The summed E-state index contributed by atoms with van der Waals surface area (Å²) in [6.07, 6.45) is 2.01. The molecular formula is C16H19O4P. The van der Waals surface area contributed by atoms with Crippen molar-refractivity contribution in [1.29, 1.82) is 0 Å². The van der Waals surface area contributed by atoms with Crippen LogP contribution >= 0.6 is 7.60 Å². The van der Waals surface area contributed by atoms with E-state index in [0.29, 0.717) is 6.42 Å². The van der Waals surface area contributed by atoms with Crippen LogP contribution in [0.15, 0.2) is 54.6 Å². The summed E-state index contributed by atoms with van der Waals surface area (Å²) >= 11 is 0. The van der Waals surface area contributed by atoms with Crippen LogP contribution in [0.3, 0.4) is 0 Å². The first-order valence-electron chi connectivity index (χ1n) is 6.89. The fourth-order valence-corrected chi connectivity index (χ4v) is 2.67. The molecule has 2 aromatic carbocycles. The van der Waals surface area contributed by atoms with Gasteiger partial charge in [-0.05, 0) is 49.1 Å². The third kappa shape index (κ3) is 6.13. The van der Waals surface area contributed by atoms with Crippen molar-refractivity contribution >= 4 is 7.60 Å². The molecule has 5 heteroatoms. The van der Waals surface area contributed by atoms with E-state index in [2.05, 4.69) is 0 Å². The largest absolute Gasteiger partial charge is 0.457 e. The lowest BCUT2D eigenvalue weighted by molar-refractivity contribution is 0.371. The molecule has 0 amide bonds. The van der Waals surface area contributed by atoms with Gasteiger partial charge in [0, 0.05) is 6.16 Å². The molecule has 0 aliphatic heterocycles. The molecule has 0 atom stereocenters. The Bertz CT molecular complexity index is 607. The molecule has 0 unspecified atom stereocenters. The third-order valence-electron chi connectivity index (χ3n) is 3.04. The third-order valence-corrected chi connectivity index (χ3v) is 3.94. The topological polar surface area (TPSA) is 66.8 Å². The first kappa shape index (κ1) is 15.8. The van der Waals surface area contributed by atoms with E-state index in [4.69, 9.17) is 14.5 Å². The van der Waals surface area contributed by atoms with Gasteiger partial charge in [-0.2, -0.15) is 0 Å². The molecule has 0 heterocycles. The van der Waals surface area contributed by atoms with Crippen molar-refractivity contribution in [1.82, 2.24) is 0 Å². The van der Waals surface area contributed by atoms with Crippen LogP contribution in [0.4, 0.5) is 0 Å². The predicted octanol–water partition coefficient (Wildman–Crippen LogP) is 3.98. The van der Waals surface area contributed by atoms with Crippen molar-refractivity contribution in [2.45, 2.75) is 19.3 Å². The predicted molar refractivity (Wildman–Crippen MR) is 82.8 cm³/mol. The number of hydrogen-bond acceptors (Lipinski definition) is 2. The lowest BCUT2D eigenvalue weighted by Gasteiger charge is -2.08. The van der Waals surface area contributed by atoms with Crippen molar-refractivity contribution in [3.05, 3.63) is 60.2 Å². The molecule has 0 fully saturated rings. The molecular weight excluding hydrogens is 287 g/mol. The lowest BCUT2D eigenvalue weighted by atomic mass is 10.1. The van der Waals surface area contributed by atoms with Crippen molar-refractivity contribution in [3.8, 4) is 11.5 Å². The molecule has 0 radical (unpaired) electrons. The van der Waals surface area contributed by atoms with Crippen LogP contribution in [0.2, 0.25) is 0 Å². The van der Waals surface area contributed by atoms with Gasteiger partial charge in [0.15, 0.2) is 0 Å². The van der Waals surface area contributed by atoms with Gasteiger partial charge in [0.2, 0.25) is 0 Å². The van der Waals surface area contributed by atoms with Gasteiger partial charge in [-0.1, -0.05) is 30.3 Å². The van der Waals surface area contributed by atoms with Gasteiger partial charge < -0.3 is 14.5 Å². The highest BCUT2D eigenvalue weighted by atomic mass is 31.2. The van der Waals surface area contributed by atoms with Crippen LogP contribution in [0.25, 0.3) is 0 Å². The van der Waals surface area contributed by atoms with E-state index >= 15 is 0 Å². The Morgan fingerprint density at radius 2 is 1.62 bits per heavy atom. The summed E-state index contributed by atoms with van der Waals surface area (Å²) in [6, 6.07) is 17.3. The number of unbranched alkanes of at least 4 members (excludes halogenated alkanes) is 1. The minimum Gasteiger partial charge on any atom is -0.457 e. The maximum Gasteiger partial charge on any atom is 0.325 e. The summed E-state index contributed by atoms with van der Waals surface area (Å²) in [5, 5.41) is 0. The molecule has 0 bridgehead atoms. The number of rotatable bonds is 7. The average Bonchev–Trinajstić information content (AvgIpc) is 2.44. The van der Waals surface area contributed by atoms with Gasteiger partial charge in [-0.3, -0.25) is 4.57 Å². The van der Waals surface area contributed by atoms with Crippen LogP contribution in [0.5, 0.6) is 11.5 Å². The monoisotopic (exact) mass is 306 g/mol. The van der Waals surface area contributed by atoms with Crippen LogP contribution in [-0.2, 0) is 11.0 Å². The number of ether oxygens (including phenoxy) is 1. The molecule has 2 aromatic rings. The quantitative estimate of drug-likeness (QED) is 0.600. The Morgan fingerprint density at radius 1 is 0.905 bits per heavy atom. The van der Waals surface area contributed by atoms with Crippen molar-refractivity contribution in [2.24, 2.45) is 0 Å². The fourth-order valence-electron chi connectivity index (χ4n) is 2.04. The SMILES string of the molecule is O=P(O)(O)CCCCc1cccc(Oc2ccccc2)c1. The Balaban J connectivity index is 1.88. The molecule has 2 N–H and O–H groups in total.